The first-order valence-corrected chi connectivity index (χ1v) is 10.2. The van der Waals surface area contributed by atoms with Gasteiger partial charge in [-0.25, -0.2) is 0 Å². The van der Waals surface area contributed by atoms with Crippen molar-refractivity contribution in [3.8, 4) is 0 Å². The van der Waals surface area contributed by atoms with Gasteiger partial charge in [-0.15, -0.1) is 0 Å². The van der Waals surface area contributed by atoms with E-state index in [-0.39, 0.29) is 41.3 Å². The number of amides is 1. The van der Waals surface area contributed by atoms with Crippen molar-refractivity contribution < 1.29 is 24.2 Å². The highest BCUT2D eigenvalue weighted by Gasteiger charge is 2.39. The van der Waals surface area contributed by atoms with E-state index in [0.717, 1.165) is 6.42 Å². The molecule has 0 aromatic rings. The number of ether oxygens (including phenoxy) is 2. The first-order chi connectivity index (χ1) is 12.4. The third-order valence-corrected chi connectivity index (χ3v) is 5.85. The molecule has 166 valence electrons. The molecule has 0 rings (SSSR count). The average molecular weight is 402 g/mol. The second kappa shape index (κ2) is 10.1. The predicted molar refractivity (Wildman–Crippen MR) is 112 cm³/mol. The van der Waals surface area contributed by atoms with Crippen molar-refractivity contribution in [2.45, 2.75) is 105 Å². The normalized spacial score (nSPS) is 14.6. The van der Waals surface area contributed by atoms with Crippen LogP contribution < -0.4 is 5.32 Å². The molecular formula is C22H43NO5. The van der Waals surface area contributed by atoms with Crippen molar-refractivity contribution >= 4 is 11.9 Å². The van der Waals surface area contributed by atoms with E-state index in [1.807, 2.05) is 20.8 Å². The molecule has 6 heteroatoms. The lowest BCUT2D eigenvalue weighted by Gasteiger charge is -2.44. The predicted octanol–water partition coefficient (Wildman–Crippen LogP) is 4.41. The van der Waals surface area contributed by atoms with Gasteiger partial charge in [-0.1, -0.05) is 20.8 Å². The van der Waals surface area contributed by atoms with E-state index in [4.69, 9.17) is 14.6 Å². The van der Waals surface area contributed by atoms with Gasteiger partial charge in [-0.3, -0.25) is 9.59 Å². The SMILES string of the molecule is CC(COC(C)(C)C(C)(C)CCOC(C)(C)C)C(C)(C)NC(=O)CCC(=O)O. The topological polar surface area (TPSA) is 84.9 Å². The number of carbonyl (C=O) groups is 2. The lowest BCUT2D eigenvalue weighted by atomic mass is 9.74. The Labute approximate surface area is 171 Å². The van der Waals surface area contributed by atoms with Gasteiger partial charge in [0, 0.05) is 24.5 Å². The van der Waals surface area contributed by atoms with Crippen LogP contribution in [0, 0.1) is 11.3 Å². The second-order valence-electron chi connectivity index (χ2n) is 10.5. The molecule has 1 unspecified atom stereocenters. The summed E-state index contributed by atoms with van der Waals surface area (Å²) in [5, 5.41) is 11.7. The van der Waals surface area contributed by atoms with Crippen molar-refractivity contribution in [1.82, 2.24) is 5.32 Å². The van der Waals surface area contributed by atoms with Crippen LogP contribution in [0.5, 0.6) is 0 Å². The summed E-state index contributed by atoms with van der Waals surface area (Å²) in [6, 6.07) is 0. The summed E-state index contributed by atoms with van der Waals surface area (Å²) in [6.07, 6.45) is 0.699. The summed E-state index contributed by atoms with van der Waals surface area (Å²) in [5.41, 5.74) is -1.11. The van der Waals surface area contributed by atoms with Crippen LogP contribution in [-0.4, -0.2) is 46.9 Å². The molecule has 0 aromatic heterocycles. The molecule has 0 spiro atoms. The van der Waals surface area contributed by atoms with Crippen LogP contribution in [0.3, 0.4) is 0 Å². The van der Waals surface area contributed by atoms with Crippen molar-refractivity contribution in [3.63, 3.8) is 0 Å². The maximum absolute atomic E-state index is 12.0. The van der Waals surface area contributed by atoms with E-state index in [1.165, 1.54) is 0 Å². The molecule has 0 aromatic carbocycles. The van der Waals surface area contributed by atoms with E-state index in [1.54, 1.807) is 0 Å². The Bertz CT molecular complexity index is 518. The summed E-state index contributed by atoms with van der Waals surface area (Å²) in [6.45, 7) is 21.8. The van der Waals surface area contributed by atoms with Crippen LogP contribution >= 0.6 is 0 Å². The molecule has 2 N–H and O–H groups in total. The Morgan fingerprint density at radius 2 is 1.46 bits per heavy atom. The van der Waals surface area contributed by atoms with Gasteiger partial charge in [0.25, 0.3) is 0 Å². The smallest absolute Gasteiger partial charge is 0.303 e. The minimum Gasteiger partial charge on any atom is -0.481 e. The van der Waals surface area contributed by atoms with Crippen LogP contribution in [0.25, 0.3) is 0 Å². The van der Waals surface area contributed by atoms with E-state index >= 15 is 0 Å². The Morgan fingerprint density at radius 3 is 1.93 bits per heavy atom. The standard InChI is InChI=1S/C22H43NO5/c1-16(21(7,8)23-17(24)11-12-18(25)26)15-28-22(9,10)20(5,6)13-14-27-19(2,3)4/h16H,11-15H2,1-10H3,(H,23,24)(H,25,26). The number of hydrogen-bond donors (Lipinski definition) is 2. The summed E-state index contributed by atoms with van der Waals surface area (Å²) in [5.74, 6) is -1.16. The minimum absolute atomic E-state index is 0.0152. The van der Waals surface area contributed by atoms with Gasteiger partial charge in [0.2, 0.25) is 5.91 Å². The molecule has 0 radical (unpaired) electrons. The zero-order chi connectivity index (χ0) is 22.4. The fourth-order valence-electron chi connectivity index (χ4n) is 2.42. The highest BCUT2D eigenvalue weighted by atomic mass is 16.5. The highest BCUT2D eigenvalue weighted by molar-refractivity contribution is 5.81. The Morgan fingerprint density at radius 1 is 0.929 bits per heavy atom. The number of aliphatic carboxylic acids is 1. The molecule has 28 heavy (non-hydrogen) atoms. The van der Waals surface area contributed by atoms with Crippen LogP contribution in [0.2, 0.25) is 0 Å². The van der Waals surface area contributed by atoms with Gasteiger partial charge < -0.3 is 19.9 Å². The van der Waals surface area contributed by atoms with Gasteiger partial charge in [0.05, 0.1) is 24.2 Å². The Hall–Kier alpha value is -1.14. The Balaban J connectivity index is 4.71. The van der Waals surface area contributed by atoms with E-state index in [2.05, 4.69) is 53.8 Å². The molecule has 0 aliphatic carbocycles. The summed E-state index contributed by atoms with van der Waals surface area (Å²) in [7, 11) is 0. The summed E-state index contributed by atoms with van der Waals surface area (Å²) >= 11 is 0. The quantitative estimate of drug-likeness (QED) is 0.506. The Kier molecular flexibility index (Phi) is 9.65. The molecular weight excluding hydrogens is 358 g/mol. The third-order valence-electron chi connectivity index (χ3n) is 5.85. The monoisotopic (exact) mass is 401 g/mol. The number of carboxylic acid groups (broad SMARTS) is 1. The molecule has 0 fully saturated rings. The average Bonchev–Trinajstić information content (AvgIpc) is 2.48. The number of carboxylic acids is 1. The number of carbonyl (C=O) groups excluding carboxylic acids is 1. The van der Waals surface area contributed by atoms with Crippen LogP contribution in [-0.2, 0) is 19.1 Å². The van der Waals surface area contributed by atoms with Crippen molar-refractivity contribution in [2.24, 2.45) is 11.3 Å². The fourth-order valence-corrected chi connectivity index (χ4v) is 2.42. The first kappa shape index (κ1) is 26.9. The van der Waals surface area contributed by atoms with Crippen LogP contribution in [0.4, 0.5) is 0 Å². The van der Waals surface area contributed by atoms with E-state index in [0.29, 0.717) is 13.2 Å². The highest BCUT2D eigenvalue weighted by Crippen LogP contribution is 2.38. The van der Waals surface area contributed by atoms with Gasteiger partial charge in [-0.2, -0.15) is 0 Å². The molecule has 0 saturated heterocycles. The van der Waals surface area contributed by atoms with Crippen molar-refractivity contribution in [2.75, 3.05) is 13.2 Å². The van der Waals surface area contributed by atoms with Crippen molar-refractivity contribution in [3.05, 3.63) is 0 Å². The maximum atomic E-state index is 12.0. The maximum Gasteiger partial charge on any atom is 0.303 e. The van der Waals surface area contributed by atoms with E-state index in [9.17, 15) is 9.59 Å². The molecule has 0 aliphatic heterocycles. The summed E-state index contributed by atoms with van der Waals surface area (Å²) < 4.78 is 12.2. The third kappa shape index (κ3) is 9.87. The molecule has 0 aliphatic rings. The van der Waals surface area contributed by atoms with Gasteiger partial charge in [0.15, 0.2) is 0 Å². The largest absolute Gasteiger partial charge is 0.481 e. The van der Waals surface area contributed by atoms with Gasteiger partial charge in [0.1, 0.15) is 0 Å². The molecule has 1 atom stereocenters. The molecule has 6 nitrogen and oxygen atoms in total. The summed E-state index contributed by atoms with van der Waals surface area (Å²) in [4.78, 5) is 22.6. The van der Waals surface area contributed by atoms with Crippen LogP contribution in [0.1, 0.15) is 88.5 Å². The number of rotatable bonds is 12. The molecule has 1 amide bonds. The zero-order valence-electron chi connectivity index (χ0n) is 19.7. The molecule has 0 saturated carbocycles. The molecule has 0 heterocycles. The number of nitrogens with one attached hydrogen (secondary N) is 1. The first-order valence-electron chi connectivity index (χ1n) is 10.2. The van der Waals surface area contributed by atoms with E-state index < -0.39 is 11.5 Å². The zero-order valence-corrected chi connectivity index (χ0v) is 19.7. The minimum atomic E-state index is -0.969. The number of hydrogen-bond acceptors (Lipinski definition) is 4. The van der Waals surface area contributed by atoms with Crippen LogP contribution in [0.15, 0.2) is 0 Å². The van der Waals surface area contributed by atoms with Crippen molar-refractivity contribution in [1.29, 1.82) is 0 Å². The second-order valence-corrected chi connectivity index (χ2v) is 10.5. The van der Waals surface area contributed by atoms with Gasteiger partial charge >= 0.3 is 5.97 Å². The molecule has 0 bridgehead atoms. The lowest BCUT2D eigenvalue weighted by molar-refractivity contribution is -0.139. The van der Waals surface area contributed by atoms with Gasteiger partial charge in [-0.05, 0) is 60.3 Å². The lowest BCUT2D eigenvalue weighted by Crippen LogP contribution is -2.51. The fraction of sp³-hybridized carbons (Fsp3) is 0.909.